The molecule has 3 rings (SSSR count). The first-order valence-corrected chi connectivity index (χ1v) is 11.7. The number of amides is 3. The number of benzene rings is 2. The quantitative estimate of drug-likeness (QED) is 0.320. The van der Waals surface area contributed by atoms with Gasteiger partial charge in [0, 0.05) is 24.4 Å². The van der Waals surface area contributed by atoms with Crippen LogP contribution < -0.4 is 20.7 Å². The van der Waals surface area contributed by atoms with Crippen LogP contribution in [0.25, 0.3) is 11.3 Å². The molecule has 192 valence electrons. The van der Waals surface area contributed by atoms with Crippen molar-refractivity contribution in [2.45, 2.75) is 26.4 Å². The molecule has 0 atom stereocenters. The Labute approximate surface area is 215 Å². The minimum Gasteiger partial charge on any atom is -0.491 e. The van der Waals surface area contributed by atoms with Crippen LogP contribution >= 0.6 is 15.9 Å². The van der Waals surface area contributed by atoms with Gasteiger partial charge in [0.05, 0.1) is 28.6 Å². The summed E-state index contributed by atoms with van der Waals surface area (Å²) >= 11 is 3.47. The zero-order valence-corrected chi connectivity index (χ0v) is 21.7. The van der Waals surface area contributed by atoms with Crippen molar-refractivity contribution in [3.63, 3.8) is 0 Å². The molecule has 9 nitrogen and oxygen atoms in total. The number of nitrogens with one attached hydrogen (secondary N) is 3. The molecule has 0 saturated heterocycles. The van der Waals surface area contributed by atoms with Gasteiger partial charge in [-0.1, -0.05) is 0 Å². The molecule has 12 heteroatoms. The summed E-state index contributed by atoms with van der Waals surface area (Å²) in [6, 6.07) is 7.05. The Morgan fingerprint density at radius 2 is 1.86 bits per heavy atom. The predicted octanol–water partition coefficient (Wildman–Crippen LogP) is 5.68. The van der Waals surface area contributed by atoms with E-state index >= 15 is 0 Å². The van der Waals surface area contributed by atoms with E-state index in [9.17, 15) is 18.4 Å². The van der Waals surface area contributed by atoms with Crippen LogP contribution in [0.4, 0.5) is 29.7 Å². The number of aryl methyl sites for hydroxylation is 1. The van der Waals surface area contributed by atoms with Gasteiger partial charge in [0.1, 0.15) is 29.6 Å². The van der Waals surface area contributed by atoms with Gasteiger partial charge in [-0.3, -0.25) is 4.68 Å². The Bertz CT molecular complexity index is 1240. The van der Waals surface area contributed by atoms with Crippen LogP contribution in [-0.4, -0.2) is 40.7 Å². The molecule has 36 heavy (non-hydrogen) atoms. The molecule has 0 aliphatic rings. The third kappa shape index (κ3) is 7.41. The van der Waals surface area contributed by atoms with Crippen molar-refractivity contribution in [1.29, 1.82) is 0 Å². The van der Waals surface area contributed by atoms with Gasteiger partial charge in [0.15, 0.2) is 0 Å². The first-order valence-electron chi connectivity index (χ1n) is 10.9. The third-order valence-electron chi connectivity index (χ3n) is 4.59. The molecule has 0 aliphatic heterocycles. The highest BCUT2D eigenvalue weighted by atomic mass is 79.9. The Balaban J connectivity index is 1.74. The molecule has 3 amide bonds. The van der Waals surface area contributed by atoms with E-state index in [-0.39, 0.29) is 18.8 Å². The summed E-state index contributed by atoms with van der Waals surface area (Å²) in [5, 5.41) is 11.8. The Morgan fingerprint density at radius 1 is 1.11 bits per heavy atom. The maximum absolute atomic E-state index is 13.9. The van der Waals surface area contributed by atoms with Crippen LogP contribution in [0.3, 0.4) is 0 Å². The number of nitrogens with zero attached hydrogens (tertiary/aromatic N) is 2. The number of carbonyl (C=O) groups is 2. The number of hydrogen-bond acceptors (Lipinski definition) is 5. The zero-order chi connectivity index (χ0) is 26.5. The number of ether oxygens (including phenoxy) is 2. The molecule has 0 aliphatic carbocycles. The first kappa shape index (κ1) is 26.9. The average molecular weight is 566 g/mol. The summed E-state index contributed by atoms with van der Waals surface area (Å²) in [7, 11) is 1.75. The van der Waals surface area contributed by atoms with Crippen molar-refractivity contribution in [2.75, 3.05) is 23.8 Å². The number of alkyl carbamates (subject to hydrolysis) is 1. The number of anilines is 2. The van der Waals surface area contributed by atoms with E-state index < -0.39 is 29.4 Å². The first-order chi connectivity index (χ1) is 16.9. The maximum Gasteiger partial charge on any atom is 0.407 e. The van der Waals surface area contributed by atoms with Gasteiger partial charge in [-0.2, -0.15) is 5.10 Å². The van der Waals surface area contributed by atoms with E-state index in [1.165, 1.54) is 0 Å². The number of urea groups is 1. The zero-order valence-electron chi connectivity index (χ0n) is 20.1. The normalized spacial score (nSPS) is 11.1. The smallest absolute Gasteiger partial charge is 0.407 e. The van der Waals surface area contributed by atoms with Crippen LogP contribution in [0, 0.1) is 11.6 Å². The second kappa shape index (κ2) is 11.4. The second-order valence-corrected chi connectivity index (χ2v) is 9.51. The molecule has 0 saturated carbocycles. The summed E-state index contributed by atoms with van der Waals surface area (Å²) in [6.45, 7) is 5.67. The molecule has 0 unspecified atom stereocenters. The summed E-state index contributed by atoms with van der Waals surface area (Å²) in [5.41, 5.74) is 0.892. The van der Waals surface area contributed by atoms with E-state index in [2.05, 4.69) is 37.0 Å². The second-order valence-electron chi connectivity index (χ2n) is 8.66. The SMILES string of the molecule is Cn1ncc(Br)c1-c1cc(NC(=O)Nc2ccc(F)cc2F)ccc1OCCNC(=O)OC(C)(C)C. The molecular weight excluding hydrogens is 540 g/mol. The fourth-order valence-corrected chi connectivity index (χ4v) is 3.70. The van der Waals surface area contributed by atoms with E-state index in [4.69, 9.17) is 9.47 Å². The molecule has 0 radical (unpaired) electrons. The standard InChI is InChI=1S/C24H26BrF2N5O4/c1-24(2,3)36-23(34)28-9-10-35-20-8-6-15(12-16(20)21-17(25)13-29-32(21)4)30-22(33)31-19-7-5-14(26)11-18(19)27/h5-8,11-13H,9-10H2,1-4H3,(H,28,34)(H2,30,31,33). The monoisotopic (exact) mass is 565 g/mol. The van der Waals surface area contributed by atoms with Gasteiger partial charge in [-0.05, 0) is 67.0 Å². The van der Waals surface area contributed by atoms with E-state index in [0.29, 0.717) is 33.2 Å². The number of rotatable bonds is 7. The van der Waals surface area contributed by atoms with Crippen LogP contribution in [0.2, 0.25) is 0 Å². The van der Waals surface area contributed by atoms with Crippen molar-refractivity contribution in [3.05, 3.63) is 58.7 Å². The maximum atomic E-state index is 13.9. The minimum absolute atomic E-state index is 0.152. The molecule has 0 bridgehead atoms. The Kier molecular flexibility index (Phi) is 8.51. The predicted molar refractivity (Wildman–Crippen MR) is 135 cm³/mol. The fraction of sp³-hybridized carbons (Fsp3) is 0.292. The molecule has 1 aromatic heterocycles. The summed E-state index contributed by atoms with van der Waals surface area (Å²) in [4.78, 5) is 24.3. The van der Waals surface area contributed by atoms with E-state index in [0.717, 1.165) is 12.1 Å². The molecule has 1 heterocycles. The van der Waals surface area contributed by atoms with Crippen LogP contribution in [0.1, 0.15) is 20.8 Å². The number of aromatic nitrogens is 2. The van der Waals surface area contributed by atoms with Crippen LogP contribution in [0.5, 0.6) is 5.75 Å². The minimum atomic E-state index is -0.895. The summed E-state index contributed by atoms with van der Waals surface area (Å²) < 4.78 is 40.4. The van der Waals surface area contributed by atoms with Crippen LogP contribution in [-0.2, 0) is 11.8 Å². The molecule has 3 N–H and O–H groups in total. The largest absolute Gasteiger partial charge is 0.491 e. The molecule has 0 spiro atoms. The topological polar surface area (TPSA) is 107 Å². The molecule has 2 aromatic carbocycles. The van der Waals surface area contributed by atoms with Crippen molar-refractivity contribution < 1.29 is 27.8 Å². The highest BCUT2D eigenvalue weighted by Crippen LogP contribution is 2.36. The molecular formula is C24H26BrF2N5O4. The highest BCUT2D eigenvalue weighted by molar-refractivity contribution is 9.10. The van der Waals surface area contributed by atoms with Gasteiger partial charge in [-0.25, -0.2) is 18.4 Å². The number of hydrogen-bond donors (Lipinski definition) is 3. The number of carbonyl (C=O) groups excluding carboxylic acids is 2. The lowest BCUT2D eigenvalue weighted by Gasteiger charge is -2.20. The van der Waals surface area contributed by atoms with Crippen molar-refractivity contribution in [3.8, 4) is 17.0 Å². The van der Waals surface area contributed by atoms with Gasteiger partial charge in [-0.15, -0.1) is 0 Å². The van der Waals surface area contributed by atoms with Crippen molar-refractivity contribution in [2.24, 2.45) is 7.05 Å². The van der Waals surface area contributed by atoms with Gasteiger partial charge in [0.2, 0.25) is 0 Å². The van der Waals surface area contributed by atoms with Crippen LogP contribution in [0.15, 0.2) is 47.1 Å². The van der Waals surface area contributed by atoms with Crippen molar-refractivity contribution in [1.82, 2.24) is 15.1 Å². The lowest BCUT2D eigenvalue weighted by molar-refractivity contribution is 0.0520. The summed E-state index contributed by atoms with van der Waals surface area (Å²) in [6.07, 6.45) is 1.07. The van der Waals surface area contributed by atoms with Gasteiger partial charge < -0.3 is 25.4 Å². The fourth-order valence-electron chi connectivity index (χ4n) is 3.14. The number of halogens is 3. The Morgan fingerprint density at radius 3 is 2.50 bits per heavy atom. The van der Waals surface area contributed by atoms with E-state index in [1.54, 1.807) is 56.9 Å². The molecule has 0 fully saturated rings. The Hall–Kier alpha value is -3.67. The average Bonchev–Trinajstić information content (AvgIpc) is 3.10. The highest BCUT2D eigenvalue weighted by Gasteiger charge is 2.18. The lowest BCUT2D eigenvalue weighted by atomic mass is 10.1. The molecule has 3 aromatic rings. The third-order valence-corrected chi connectivity index (χ3v) is 5.17. The lowest BCUT2D eigenvalue weighted by Crippen LogP contribution is -2.34. The summed E-state index contributed by atoms with van der Waals surface area (Å²) in [5.74, 6) is -1.17. The van der Waals surface area contributed by atoms with E-state index in [1.807, 2.05) is 0 Å². The van der Waals surface area contributed by atoms with Crippen molar-refractivity contribution >= 4 is 39.4 Å². The van der Waals surface area contributed by atoms with Gasteiger partial charge in [0.25, 0.3) is 0 Å². The van der Waals surface area contributed by atoms with Gasteiger partial charge >= 0.3 is 12.1 Å².